The molecule has 1 aromatic carbocycles. The minimum absolute atomic E-state index is 0.0825. The van der Waals surface area contributed by atoms with Gasteiger partial charge in [0.2, 0.25) is 0 Å². The molecular formula is C23H24N6O3. The number of hydrogen-bond acceptors (Lipinski definition) is 8. The number of aromatic nitrogens is 4. The molecule has 32 heavy (non-hydrogen) atoms. The maximum absolute atomic E-state index is 7.00. The second-order valence-electron chi connectivity index (χ2n) is 7.26. The summed E-state index contributed by atoms with van der Waals surface area (Å²) in [5, 5.41) is 8.79. The Labute approximate surface area is 185 Å². The van der Waals surface area contributed by atoms with Crippen LogP contribution >= 0.6 is 0 Å². The summed E-state index contributed by atoms with van der Waals surface area (Å²) in [5.41, 5.74) is 13.2. The first-order chi connectivity index (χ1) is 15.6. The molecular weight excluding hydrogens is 408 g/mol. The molecule has 0 amide bonds. The zero-order valence-corrected chi connectivity index (χ0v) is 17.5. The Morgan fingerprint density at radius 1 is 1.22 bits per heavy atom. The lowest BCUT2D eigenvalue weighted by Crippen LogP contribution is -2.23. The third kappa shape index (κ3) is 4.01. The molecule has 0 spiro atoms. The molecule has 1 aliphatic heterocycles. The highest BCUT2D eigenvalue weighted by Gasteiger charge is 2.36. The molecule has 4 aromatic rings. The smallest absolute Gasteiger partial charge is 0.147 e. The second-order valence-corrected chi connectivity index (χ2v) is 7.26. The van der Waals surface area contributed by atoms with Crippen molar-refractivity contribution in [1.29, 1.82) is 0 Å². The Hall–Kier alpha value is -3.87. The Morgan fingerprint density at radius 2 is 2.03 bits per heavy atom. The van der Waals surface area contributed by atoms with E-state index in [9.17, 15) is 0 Å². The number of rotatable bonds is 4. The van der Waals surface area contributed by atoms with E-state index in [0.717, 1.165) is 29.0 Å². The van der Waals surface area contributed by atoms with Gasteiger partial charge in [0.05, 0.1) is 16.8 Å². The summed E-state index contributed by atoms with van der Waals surface area (Å²) >= 11 is 0. The molecule has 3 unspecified atom stereocenters. The van der Waals surface area contributed by atoms with Crippen LogP contribution in [0.5, 0.6) is 5.75 Å². The number of nitrogen functional groups attached to an aromatic ring is 2. The number of aliphatic hydroxyl groups excluding tert-OH is 1. The van der Waals surface area contributed by atoms with Gasteiger partial charge < -0.3 is 30.6 Å². The molecule has 5 N–H and O–H groups in total. The molecule has 1 saturated heterocycles. The fourth-order valence-electron chi connectivity index (χ4n) is 3.83. The van der Waals surface area contributed by atoms with Gasteiger partial charge in [-0.15, -0.1) is 12.3 Å². The van der Waals surface area contributed by atoms with E-state index in [0.29, 0.717) is 30.4 Å². The molecule has 4 heterocycles. The maximum Gasteiger partial charge on any atom is 0.147 e. The first-order valence-electron chi connectivity index (χ1n) is 10.0. The van der Waals surface area contributed by atoms with Crippen molar-refractivity contribution < 1.29 is 14.6 Å². The Balaban J connectivity index is 0.00000119. The van der Waals surface area contributed by atoms with Gasteiger partial charge in [-0.25, -0.2) is 15.0 Å². The lowest BCUT2D eigenvalue weighted by Gasteiger charge is -2.17. The number of anilines is 2. The molecule has 1 fully saturated rings. The topological polar surface area (TPSA) is 134 Å². The molecule has 3 atom stereocenters. The highest BCUT2D eigenvalue weighted by atomic mass is 16.6. The molecule has 5 rings (SSSR count). The number of fused-ring (bicyclic) bond motifs is 2. The van der Waals surface area contributed by atoms with Crippen LogP contribution in [0.25, 0.3) is 21.9 Å². The number of hydrogen-bond donors (Lipinski definition) is 3. The normalized spacial score (nSPS) is 20.0. The predicted molar refractivity (Wildman–Crippen MR) is 123 cm³/mol. The molecule has 0 saturated carbocycles. The van der Waals surface area contributed by atoms with Crippen molar-refractivity contribution in [3.8, 4) is 18.1 Å². The SMILES string of the molecule is C#CC1CC(n2ccc3c(N)ncnc32)OC1COc1ccc2ccc(N)nc2c1.CO. The third-order valence-electron chi connectivity index (χ3n) is 5.40. The Morgan fingerprint density at radius 3 is 2.84 bits per heavy atom. The largest absolute Gasteiger partial charge is 0.491 e. The lowest BCUT2D eigenvalue weighted by molar-refractivity contribution is -0.0199. The van der Waals surface area contributed by atoms with Crippen LogP contribution in [0.1, 0.15) is 12.6 Å². The summed E-state index contributed by atoms with van der Waals surface area (Å²) in [6.07, 6.45) is 9.28. The van der Waals surface area contributed by atoms with E-state index >= 15 is 0 Å². The van der Waals surface area contributed by atoms with Gasteiger partial charge in [-0.05, 0) is 30.3 Å². The summed E-state index contributed by atoms with van der Waals surface area (Å²) in [4.78, 5) is 12.7. The van der Waals surface area contributed by atoms with Crippen molar-refractivity contribution >= 4 is 33.6 Å². The van der Waals surface area contributed by atoms with E-state index < -0.39 is 0 Å². The van der Waals surface area contributed by atoms with Gasteiger partial charge in [0.25, 0.3) is 0 Å². The first kappa shape index (κ1) is 21.4. The van der Waals surface area contributed by atoms with Crippen molar-refractivity contribution in [2.45, 2.75) is 18.8 Å². The van der Waals surface area contributed by atoms with E-state index in [1.165, 1.54) is 6.33 Å². The fraction of sp³-hybridized carbons (Fsp3) is 0.261. The average Bonchev–Trinajstić information content (AvgIpc) is 3.43. The number of terminal acetylenes is 1. The molecule has 0 radical (unpaired) electrons. The number of pyridine rings is 1. The van der Waals surface area contributed by atoms with Gasteiger partial charge in [0.15, 0.2) is 0 Å². The van der Waals surface area contributed by atoms with Gasteiger partial charge in [-0.3, -0.25) is 0 Å². The van der Waals surface area contributed by atoms with Crippen LogP contribution < -0.4 is 16.2 Å². The summed E-state index contributed by atoms with van der Waals surface area (Å²) in [6.45, 7) is 0.329. The van der Waals surface area contributed by atoms with E-state index in [4.69, 9.17) is 32.5 Å². The summed E-state index contributed by atoms with van der Waals surface area (Å²) in [5.74, 6) is 4.35. The quantitative estimate of drug-likeness (QED) is 0.419. The first-order valence-corrected chi connectivity index (χ1v) is 10.0. The molecule has 1 aliphatic rings. The zero-order chi connectivity index (χ0) is 22.7. The second kappa shape index (κ2) is 9.09. The number of aliphatic hydroxyl groups is 1. The predicted octanol–water partition coefficient (Wildman–Crippen LogP) is 2.37. The van der Waals surface area contributed by atoms with Crippen molar-refractivity contribution in [3.05, 3.63) is 48.9 Å². The molecule has 164 valence electrons. The van der Waals surface area contributed by atoms with Gasteiger partial charge in [-0.1, -0.05) is 0 Å². The van der Waals surface area contributed by atoms with Crippen LogP contribution in [0.3, 0.4) is 0 Å². The highest BCUT2D eigenvalue weighted by molar-refractivity contribution is 5.86. The minimum atomic E-state index is -0.249. The van der Waals surface area contributed by atoms with E-state index in [1.807, 2.05) is 41.1 Å². The molecule has 9 nitrogen and oxygen atoms in total. The molecule has 0 bridgehead atoms. The average molecular weight is 432 g/mol. The van der Waals surface area contributed by atoms with Crippen molar-refractivity contribution in [2.75, 3.05) is 25.2 Å². The van der Waals surface area contributed by atoms with Gasteiger partial charge >= 0.3 is 0 Å². The lowest BCUT2D eigenvalue weighted by atomic mass is 10.0. The molecule has 9 heteroatoms. The van der Waals surface area contributed by atoms with Crippen LogP contribution in [0.15, 0.2) is 48.9 Å². The number of benzene rings is 1. The number of nitrogens with zero attached hydrogens (tertiary/aromatic N) is 4. The van der Waals surface area contributed by atoms with Crippen molar-refractivity contribution in [2.24, 2.45) is 5.92 Å². The summed E-state index contributed by atoms with van der Waals surface area (Å²) in [6, 6.07) is 11.3. The Kier molecular flexibility index (Phi) is 6.07. The van der Waals surface area contributed by atoms with Gasteiger partial charge in [0.1, 0.15) is 48.3 Å². The van der Waals surface area contributed by atoms with Crippen LogP contribution in [-0.4, -0.2) is 44.4 Å². The maximum atomic E-state index is 7.00. The van der Waals surface area contributed by atoms with E-state index in [2.05, 4.69) is 20.9 Å². The number of ether oxygens (including phenoxy) is 2. The highest BCUT2D eigenvalue weighted by Crippen LogP contribution is 2.36. The molecule has 3 aromatic heterocycles. The number of nitrogens with two attached hydrogens (primary N) is 2. The van der Waals surface area contributed by atoms with Gasteiger partial charge in [-0.2, -0.15) is 0 Å². The van der Waals surface area contributed by atoms with Crippen molar-refractivity contribution in [3.63, 3.8) is 0 Å². The van der Waals surface area contributed by atoms with Crippen LogP contribution in [-0.2, 0) is 4.74 Å². The van der Waals surface area contributed by atoms with Crippen molar-refractivity contribution in [1.82, 2.24) is 19.5 Å². The van der Waals surface area contributed by atoms with Crippen LogP contribution in [0.4, 0.5) is 11.6 Å². The molecule has 0 aliphatic carbocycles. The fourth-order valence-corrected chi connectivity index (χ4v) is 3.83. The monoisotopic (exact) mass is 432 g/mol. The van der Waals surface area contributed by atoms with Crippen LogP contribution in [0, 0.1) is 18.3 Å². The Bertz CT molecular complexity index is 1280. The standard InChI is InChI=1S/C22H20N6O2.CH4O/c1-2-13-9-20(28-8-7-16-21(24)25-12-26-22(16)28)30-18(13)11-29-15-5-3-14-4-6-19(23)27-17(14)10-15;1-2/h1,3-8,10,12-13,18,20H,9,11H2,(H2,23,27)(H2,24,25,26);2H,1H3. The van der Waals surface area contributed by atoms with E-state index in [1.54, 1.807) is 6.07 Å². The van der Waals surface area contributed by atoms with Crippen LogP contribution in [0.2, 0.25) is 0 Å². The summed E-state index contributed by atoms with van der Waals surface area (Å²) in [7, 11) is 1.00. The minimum Gasteiger partial charge on any atom is -0.491 e. The zero-order valence-electron chi connectivity index (χ0n) is 17.5. The summed E-state index contributed by atoms with van der Waals surface area (Å²) < 4.78 is 14.2. The van der Waals surface area contributed by atoms with E-state index in [-0.39, 0.29) is 18.2 Å². The third-order valence-corrected chi connectivity index (χ3v) is 5.40. The van der Waals surface area contributed by atoms with Gasteiger partial charge in [0, 0.05) is 31.2 Å².